The van der Waals surface area contributed by atoms with Crippen LogP contribution in [0.5, 0.6) is 0 Å². The number of likely N-dealkylation sites (N-methyl/N-ethyl adjacent to an activating group) is 1. The number of hydrogen-bond acceptors (Lipinski definition) is 8. The van der Waals surface area contributed by atoms with Crippen LogP contribution in [0.15, 0.2) is 0 Å². The van der Waals surface area contributed by atoms with Crippen LogP contribution < -0.4 is 5.32 Å². The minimum absolute atomic E-state index is 0.0298. The highest BCUT2D eigenvalue weighted by Gasteiger charge is 2.34. The summed E-state index contributed by atoms with van der Waals surface area (Å²) in [7, 11) is -1.41. The van der Waals surface area contributed by atoms with E-state index < -0.39 is 22.4 Å². The molecular weight excluding hydrogens is 354 g/mol. The largest absolute Gasteiger partial charge is 0.452 e. The molecule has 1 N–H and O–H groups in total. The summed E-state index contributed by atoms with van der Waals surface area (Å²) >= 11 is 1.15. The molecule has 0 unspecified atom stereocenters. The van der Waals surface area contributed by atoms with Crippen molar-refractivity contribution >= 4 is 38.2 Å². The Morgan fingerprint density at radius 2 is 2.17 bits per heavy atom. The molecule has 134 valence electrons. The maximum absolute atomic E-state index is 12.3. The van der Waals surface area contributed by atoms with Gasteiger partial charge in [-0.25, -0.2) is 13.2 Å². The van der Waals surface area contributed by atoms with Gasteiger partial charge in [0.15, 0.2) is 16.4 Å². The number of aryl methyl sites for hydroxylation is 1. The third-order valence-electron chi connectivity index (χ3n) is 3.93. The predicted octanol–water partition coefficient (Wildman–Crippen LogP) is 0.686. The summed E-state index contributed by atoms with van der Waals surface area (Å²) in [6.45, 7) is 3.42. The average molecular weight is 375 g/mol. The van der Waals surface area contributed by atoms with Crippen LogP contribution in [-0.4, -0.2) is 67.3 Å². The van der Waals surface area contributed by atoms with Crippen LogP contribution in [0.2, 0.25) is 0 Å². The summed E-state index contributed by atoms with van der Waals surface area (Å²) < 4.78 is 32.3. The number of aromatic nitrogens is 1. The molecule has 1 atom stereocenters. The SMILES string of the molecule is CCN(C(=O)COC(=O)c1c(C)nsc1NC)[C@H]1CCS(=O)(=O)C1. The van der Waals surface area contributed by atoms with E-state index in [9.17, 15) is 18.0 Å². The molecular formula is C14H21N3O5S2. The topological polar surface area (TPSA) is 106 Å². The first-order valence-corrected chi connectivity index (χ1v) is 10.2. The zero-order valence-electron chi connectivity index (χ0n) is 13.9. The van der Waals surface area contributed by atoms with Crippen LogP contribution >= 0.6 is 11.5 Å². The number of hydrogen-bond donors (Lipinski definition) is 1. The molecule has 1 amide bonds. The lowest BCUT2D eigenvalue weighted by Crippen LogP contribution is -2.43. The molecule has 1 aliphatic rings. The number of amides is 1. The third kappa shape index (κ3) is 4.04. The van der Waals surface area contributed by atoms with Crippen molar-refractivity contribution in [2.75, 3.05) is 37.0 Å². The van der Waals surface area contributed by atoms with E-state index in [1.807, 2.05) is 0 Å². The number of nitrogens with zero attached hydrogens (tertiary/aromatic N) is 2. The molecule has 0 radical (unpaired) electrons. The van der Waals surface area contributed by atoms with Crippen LogP contribution in [0, 0.1) is 6.92 Å². The number of esters is 1. The molecule has 1 aliphatic heterocycles. The molecule has 0 saturated carbocycles. The summed E-state index contributed by atoms with van der Waals surface area (Å²) in [6.07, 6.45) is 0.424. The summed E-state index contributed by atoms with van der Waals surface area (Å²) in [5.41, 5.74) is 0.859. The van der Waals surface area contributed by atoms with Gasteiger partial charge in [0.1, 0.15) is 10.6 Å². The van der Waals surface area contributed by atoms with E-state index >= 15 is 0 Å². The average Bonchev–Trinajstić information content (AvgIpc) is 3.08. The lowest BCUT2D eigenvalue weighted by molar-refractivity contribution is -0.136. The second kappa shape index (κ2) is 7.47. The summed E-state index contributed by atoms with van der Waals surface area (Å²) in [6, 6.07) is -0.344. The number of sulfone groups is 1. The van der Waals surface area contributed by atoms with Crippen LogP contribution in [0.25, 0.3) is 0 Å². The van der Waals surface area contributed by atoms with Crippen LogP contribution in [0.3, 0.4) is 0 Å². The van der Waals surface area contributed by atoms with Crippen LogP contribution in [-0.2, 0) is 19.4 Å². The number of rotatable bonds is 6. The number of carbonyl (C=O) groups is 2. The summed E-state index contributed by atoms with van der Waals surface area (Å²) in [5.74, 6) is -0.946. The molecule has 2 heterocycles. The predicted molar refractivity (Wildman–Crippen MR) is 91.1 cm³/mol. The smallest absolute Gasteiger partial charge is 0.343 e. The lowest BCUT2D eigenvalue weighted by Gasteiger charge is -2.26. The monoisotopic (exact) mass is 375 g/mol. The zero-order valence-corrected chi connectivity index (χ0v) is 15.5. The first kappa shape index (κ1) is 18.7. The van der Waals surface area contributed by atoms with Gasteiger partial charge in [-0.3, -0.25) is 4.79 Å². The van der Waals surface area contributed by atoms with Gasteiger partial charge in [0.2, 0.25) is 0 Å². The molecule has 8 nitrogen and oxygen atoms in total. The van der Waals surface area contributed by atoms with E-state index in [1.165, 1.54) is 4.90 Å². The quantitative estimate of drug-likeness (QED) is 0.729. The maximum Gasteiger partial charge on any atom is 0.343 e. The molecule has 0 spiro atoms. The molecule has 0 aliphatic carbocycles. The standard InChI is InChI=1S/C14H21N3O5S2/c1-4-17(10-5-6-24(20,21)8-10)11(18)7-22-14(19)12-9(2)16-23-13(12)15-3/h10,15H,4-8H2,1-3H3/t10-/m0/s1. The molecule has 0 bridgehead atoms. The van der Waals surface area contributed by atoms with Crippen molar-refractivity contribution in [1.82, 2.24) is 9.27 Å². The highest BCUT2D eigenvalue weighted by atomic mass is 32.2. The maximum atomic E-state index is 12.3. The van der Waals surface area contributed by atoms with Crippen LogP contribution in [0.4, 0.5) is 5.00 Å². The Balaban J connectivity index is 1.98. The summed E-state index contributed by atoms with van der Waals surface area (Å²) in [5, 5.41) is 3.45. The van der Waals surface area contributed by atoms with E-state index in [4.69, 9.17) is 4.74 Å². The Morgan fingerprint density at radius 3 is 2.71 bits per heavy atom. The fourth-order valence-corrected chi connectivity index (χ4v) is 5.19. The molecule has 1 aromatic heterocycles. The highest BCUT2D eigenvalue weighted by molar-refractivity contribution is 7.91. The van der Waals surface area contributed by atoms with E-state index in [1.54, 1.807) is 20.9 Å². The van der Waals surface area contributed by atoms with Crippen molar-refractivity contribution in [3.8, 4) is 0 Å². The molecule has 2 rings (SSSR count). The molecule has 10 heteroatoms. The normalized spacial score (nSPS) is 19.0. The Kier molecular flexibility index (Phi) is 5.81. The molecule has 24 heavy (non-hydrogen) atoms. The van der Waals surface area contributed by atoms with E-state index in [0.717, 1.165) is 11.5 Å². The Hall–Kier alpha value is -1.68. The molecule has 1 fully saturated rings. The van der Waals surface area contributed by atoms with Crippen molar-refractivity contribution in [2.24, 2.45) is 0 Å². The molecule has 1 saturated heterocycles. The van der Waals surface area contributed by atoms with E-state index in [0.29, 0.717) is 29.2 Å². The van der Waals surface area contributed by atoms with Crippen molar-refractivity contribution < 1.29 is 22.7 Å². The lowest BCUT2D eigenvalue weighted by atomic mass is 10.2. The van der Waals surface area contributed by atoms with Gasteiger partial charge in [-0.2, -0.15) is 4.37 Å². The molecule has 1 aromatic rings. The third-order valence-corrected chi connectivity index (χ3v) is 6.64. The van der Waals surface area contributed by atoms with Gasteiger partial charge in [-0.1, -0.05) is 0 Å². The number of ether oxygens (including phenoxy) is 1. The van der Waals surface area contributed by atoms with Crippen molar-refractivity contribution in [3.63, 3.8) is 0 Å². The number of carbonyl (C=O) groups excluding carboxylic acids is 2. The summed E-state index contributed by atoms with van der Waals surface area (Å²) in [4.78, 5) is 26.0. The van der Waals surface area contributed by atoms with Crippen LogP contribution in [0.1, 0.15) is 29.4 Å². The van der Waals surface area contributed by atoms with Gasteiger partial charge in [-0.15, -0.1) is 0 Å². The zero-order chi connectivity index (χ0) is 17.9. The fraction of sp³-hybridized carbons (Fsp3) is 0.643. The van der Waals surface area contributed by atoms with Gasteiger partial charge in [0.05, 0.1) is 17.2 Å². The van der Waals surface area contributed by atoms with Crippen molar-refractivity contribution in [3.05, 3.63) is 11.3 Å². The van der Waals surface area contributed by atoms with Gasteiger partial charge in [0, 0.05) is 19.6 Å². The van der Waals surface area contributed by atoms with Crippen molar-refractivity contribution in [2.45, 2.75) is 26.3 Å². The van der Waals surface area contributed by atoms with Crippen molar-refractivity contribution in [1.29, 1.82) is 0 Å². The number of anilines is 1. The second-order valence-corrected chi connectivity index (χ2v) is 8.54. The Bertz CT molecular complexity index is 729. The second-order valence-electron chi connectivity index (χ2n) is 5.53. The minimum Gasteiger partial charge on any atom is -0.452 e. The fourth-order valence-electron chi connectivity index (χ4n) is 2.72. The van der Waals surface area contributed by atoms with Gasteiger partial charge in [0.25, 0.3) is 5.91 Å². The first-order chi connectivity index (χ1) is 11.3. The highest BCUT2D eigenvalue weighted by Crippen LogP contribution is 2.24. The minimum atomic E-state index is -3.08. The Labute approximate surface area is 145 Å². The Morgan fingerprint density at radius 1 is 1.46 bits per heavy atom. The molecule has 0 aromatic carbocycles. The number of nitrogens with one attached hydrogen (secondary N) is 1. The van der Waals surface area contributed by atoms with E-state index in [2.05, 4.69) is 9.69 Å². The van der Waals surface area contributed by atoms with E-state index in [-0.39, 0.29) is 23.5 Å². The van der Waals surface area contributed by atoms with Gasteiger partial charge < -0.3 is 15.0 Å². The first-order valence-electron chi connectivity index (χ1n) is 7.60. The van der Waals surface area contributed by atoms with Gasteiger partial charge in [-0.05, 0) is 31.8 Å². The van der Waals surface area contributed by atoms with Gasteiger partial charge >= 0.3 is 5.97 Å².